The van der Waals surface area contributed by atoms with E-state index in [1.165, 1.54) is 15.1 Å². The number of methoxy groups -OCH3 is 1. The predicted octanol–water partition coefficient (Wildman–Crippen LogP) is 6.09. The fraction of sp³-hybridized carbons (Fsp3) is 0.148. The maximum atomic E-state index is 13.2. The molecule has 37 heavy (non-hydrogen) atoms. The molecule has 0 unspecified atom stereocenters. The lowest BCUT2D eigenvalue weighted by Crippen LogP contribution is -2.21. The van der Waals surface area contributed by atoms with Crippen LogP contribution < -0.4 is 5.69 Å². The number of halogens is 4. The number of ether oxygens (including phenoxy) is 1. The van der Waals surface area contributed by atoms with Gasteiger partial charge in [0.2, 0.25) is 0 Å². The van der Waals surface area contributed by atoms with Gasteiger partial charge in [-0.15, -0.1) is 5.10 Å². The summed E-state index contributed by atoms with van der Waals surface area (Å²) in [6, 6.07) is 19.1. The van der Waals surface area contributed by atoms with Crippen LogP contribution in [0, 0.1) is 0 Å². The van der Waals surface area contributed by atoms with E-state index in [9.17, 15) is 18.0 Å². The fourth-order valence-corrected chi connectivity index (χ4v) is 4.25. The van der Waals surface area contributed by atoms with E-state index >= 15 is 0 Å². The van der Waals surface area contributed by atoms with Gasteiger partial charge in [-0.25, -0.2) is 13.9 Å². The summed E-state index contributed by atoms with van der Waals surface area (Å²) in [5, 5.41) is 5.18. The van der Waals surface area contributed by atoms with Gasteiger partial charge >= 0.3 is 11.9 Å². The van der Waals surface area contributed by atoms with E-state index in [4.69, 9.17) is 16.3 Å². The molecule has 0 aliphatic carbocycles. The molecule has 0 saturated carbocycles. The topological polar surface area (TPSA) is 61.4 Å². The summed E-state index contributed by atoms with van der Waals surface area (Å²) in [7, 11) is 1.62. The van der Waals surface area contributed by atoms with Gasteiger partial charge in [0.05, 0.1) is 13.2 Å². The molecule has 0 saturated heterocycles. The molecule has 6 nitrogen and oxygen atoms in total. The zero-order valence-corrected chi connectivity index (χ0v) is 20.3. The number of pyridine rings is 2. The highest BCUT2D eigenvalue weighted by molar-refractivity contribution is 6.30. The van der Waals surface area contributed by atoms with Crippen LogP contribution in [0.15, 0.2) is 83.9 Å². The fourth-order valence-electron chi connectivity index (χ4n) is 4.13. The minimum atomic E-state index is -4.54. The molecule has 0 fully saturated rings. The highest BCUT2D eigenvalue weighted by Gasteiger charge is 2.32. The maximum Gasteiger partial charge on any atom is 0.433 e. The van der Waals surface area contributed by atoms with E-state index in [1.807, 2.05) is 42.5 Å². The van der Waals surface area contributed by atoms with Crippen LogP contribution in [0.2, 0.25) is 5.02 Å². The largest absolute Gasteiger partial charge is 0.433 e. The summed E-state index contributed by atoms with van der Waals surface area (Å²) in [5.41, 5.74) is 3.70. The molecule has 3 heterocycles. The van der Waals surface area contributed by atoms with Crippen LogP contribution in [0.25, 0.3) is 27.9 Å². The van der Waals surface area contributed by atoms with Crippen molar-refractivity contribution >= 4 is 17.2 Å². The molecule has 0 amide bonds. The number of alkyl halides is 3. The lowest BCUT2D eigenvalue weighted by Gasteiger charge is -2.12. The normalized spacial score (nSPS) is 11.8. The molecule has 0 aliphatic rings. The van der Waals surface area contributed by atoms with Crippen LogP contribution in [0.4, 0.5) is 13.2 Å². The van der Waals surface area contributed by atoms with Crippen molar-refractivity contribution in [1.82, 2.24) is 19.2 Å². The molecule has 0 aliphatic heterocycles. The monoisotopic (exact) mass is 524 g/mol. The summed E-state index contributed by atoms with van der Waals surface area (Å²) in [5.74, 6) is 0. The molecule has 0 atom stereocenters. The van der Waals surface area contributed by atoms with Gasteiger partial charge in [-0.05, 0) is 52.1 Å². The van der Waals surface area contributed by atoms with E-state index in [0.717, 1.165) is 40.1 Å². The molecule has 0 N–H and O–H groups in total. The zero-order valence-electron chi connectivity index (χ0n) is 19.5. The maximum absolute atomic E-state index is 13.2. The quantitative estimate of drug-likeness (QED) is 0.270. The zero-order chi connectivity index (χ0) is 26.2. The van der Waals surface area contributed by atoms with Crippen molar-refractivity contribution in [2.75, 3.05) is 7.11 Å². The number of hydrogen-bond donors (Lipinski definition) is 0. The first-order valence-corrected chi connectivity index (χ1v) is 11.6. The van der Waals surface area contributed by atoms with Gasteiger partial charge in [0.1, 0.15) is 5.69 Å². The van der Waals surface area contributed by atoms with Gasteiger partial charge < -0.3 is 4.74 Å². The van der Waals surface area contributed by atoms with E-state index in [0.29, 0.717) is 22.8 Å². The van der Waals surface area contributed by atoms with Gasteiger partial charge in [0.25, 0.3) is 0 Å². The third-order valence-electron chi connectivity index (χ3n) is 5.91. The van der Waals surface area contributed by atoms with E-state index in [-0.39, 0.29) is 6.54 Å². The second kappa shape index (κ2) is 9.84. The first kappa shape index (κ1) is 24.7. The van der Waals surface area contributed by atoms with Crippen molar-refractivity contribution in [3.63, 3.8) is 0 Å². The van der Waals surface area contributed by atoms with Gasteiger partial charge in [-0.3, -0.25) is 4.98 Å². The standard InChI is InChI=1S/C27H20ClF3N4O2/c1-37-16-17-2-5-20(6-3-17)24-22(19-7-9-21(28)10-8-19)12-13-34-25(24)33-35(26(34)36)15-18-4-11-23(32-14-18)27(29,30)31/h2-14H,15-16H2,1H3. The molecule has 0 spiro atoms. The van der Waals surface area contributed by atoms with E-state index in [2.05, 4.69) is 10.1 Å². The van der Waals surface area contributed by atoms with Gasteiger partial charge in [0, 0.05) is 30.1 Å². The van der Waals surface area contributed by atoms with Crippen molar-refractivity contribution in [2.24, 2.45) is 0 Å². The molecule has 2 aromatic carbocycles. The second-order valence-corrected chi connectivity index (χ2v) is 8.86. The third kappa shape index (κ3) is 5.00. The second-order valence-electron chi connectivity index (χ2n) is 8.42. The lowest BCUT2D eigenvalue weighted by molar-refractivity contribution is -0.141. The van der Waals surface area contributed by atoms with Crippen LogP contribution in [-0.4, -0.2) is 26.3 Å². The molecule has 10 heteroatoms. The highest BCUT2D eigenvalue weighted by atomic mass is 35.5. The molecule has 5 aromatic rings. The Morgan fingerprint density at radius 1 is 0.919 bits per heavy atom. The summed E-state index contributed by atoms with van der Waals surface area (Å²) < 4.78 is 46.5. The molecule has 5 rings (SSSR count). The van der Waals surface area contributed by atoms with Crippen molar-refractivity contribution in [2.45, 2.75) is 19.3 Å². The van der Waals surface area contributed by atoms with Crippen molar-refractivity contribution < 1.29 is 17.9 Å². The van der Waals surface area contributed by atoms with Crippen molar-refractivity contribution in [1.29, 1.82) is 0 Å². The first-order chi connectivity index (χ1) is 17.7. The minimum absolute atomic E-state index is 0.0336. The Labute approximate surface area is 214 Å². The Morgan fingerprint density at radius 2 is 1.59 bits per heavy atom. The van der Waals surface area contributed by atoms with Crippen LogP contribution >= 0.6 is 11.6 Å². The number of aromatic nitrogens is 4. The minimum Gasteiger partial charge on any atom is -0.380 e. The SMILES string of the molecule is COCc1ccc(-c2c(-c3ccc(Cl)cc3)ccn3c(=O)n(Cc4ccc(C(F)(F)F)nc4)nc23)cc1. The highest BCUT2D eigenvalue weighted by Crippen LogP contribution is 2.35. The van der Waals surface area contributed by atoms with Crippen molar-refractivity contribution in [3.05, 3.63) is 111 Å². The summed E-state index contributed by atoms with van der Waals surface area (Å²) in [6.07, 6.45) is -1.79. The summed E-state index contributed by atoms with van der Waals surface area (Å²) in [6.45, 7) is 0.428. The molecule has 0 radical (unpaired) electrons. The molecular formula is C27H20ClF3N4O2. The number of fused-ring (bicyclic) bond motifs is 1. The number of nitrogens with zero attached hydrogens (tertiary/aromatic N) is 4. The summed E-state index contributed by atoms with van der Waals surface area (Å²) in [4.78, 5) is 16.7. The van der Waals surface area contributed by atoms with Crippen LogP contribution in [0.3, 0.4) is 0 Å². The molecule has 188 valence electrons. The number of rotatable bonds is 6. The van der Waals surface area contributed by atoms with Gasteiger partial charge in [0.15, 0.2) is 5.65 Å². The Bertz CT molecular complexity index is 1610. The van der Waals surface area contributed by atoms with E-state index in [1.54, 1.807) is 25.4 Å². The van der Waals surface area contributed by atoms with Crippen LogP contribution in [-0.2, 0) is 24.1 Å². The van der Waals surface area contributed by atoms with Crippen LogP contribution in [0.1, 0.15) is 16.8 Å². The number of benzene rings is 2. The average Bonchev–Trinajstić information content (AvgIpc) is 3.19. The van der Waals surface area contributed by atoms with Crippen molar-refractivity contribution in [3.8, 4) is 22.3 Å². The van der Waals surface area contributed by atoms with Crippen LogP contribution in [0.5, 0.6) is 0 Å². The average molecular weight is 525 g/mol. The summed E-state index contributed by atoms with van der Waals surface area (Å²) >= 11 is 6.09. The predicted molar refractivity (Wildman–Crippen MR) is 134 cm³/mol. The molecule has 0 bridgehead atoms. The smallest absolute Gasteiger partial charge is 0.380 e. The lowest BCUT2D eigenvalue weighted by atomic mass is 9.95. The Balaban J connectivity index is 1.64. The third-order valence-corrected chi connectivity index (χ3v) is 6.16. The first-order valence-electron chi connectivity index (χ1n) is 11.2. The molecular weight excluding hydrogens is 505 g/mol. The Hall–Kier alpha value is -3.95. The Kier molecular flexibility index (Phi) is 6.57. The Morgan fingerprint density at radius 3 is 2.22 bits per heavy atom. The van der Waals surface area contributed by atoms with Gasteiger partial charge in [-0.2, -0.15) is 13.2 Å². The molecule has 3 aromatic heterocycles. The van der Waals surface area contributed by atoms with Gasteiger partial charge in [-0.1, -0.05) is 54.1 Å². The number of hydrogen-bond acceptors (Lipinski definition) is 4. The van der Waals surface area contributed by atoms with E-state index < -0.39 is 17.6 Å².